The van der Waals surface area contributed by atoms with Gasteiger partial charge in [-0.15, -0.1) is 11.8 Å². The smallest absolute Gasteiger partial charge is 0.356 e. The van der Waals surface area contributed by atoms with Crippen molar-refractivity contribution in [1.82, 2.24) is 24.6 Å². The number of aliphatic imine (C=N–C) groups is 1. The van der Waals surface area contributed by atoms with Gasteiger partial charge in [0.15, 0.2) is 16.7 Å². The van der Waals surface area contributed by atoms with Gasteiger partial charge >= 0.3 is 5.97 Å². The van der Waals surface area contributed by atoms with Crippen LogP contribution in [0.3, 0.4) is 0 Å². The van der Waals surface area contributed by atoms with Gasteiger partial charge in [-0.25, -0.2) is 4.79 Å². The number of fused-ring (bicyclic) bond motifs is 1. The van der Waals surface area contributed by atoms with Gasteiger partial charge in [-0.05, 0) is 45.1 Å². The lowest BCUT2D eigenvalue weighted by atomic mass is 10.0. The lowest BCUT2D eigenvalue weighted by Crippen LogP contribution is -2.71. The predicted octanol–water partition coefficient (Wildman–Crippen LogP) is 3.32. The topological polar surface area (TPSA) is 153 Å². The first kappa shape index (κ1) is 30.3. The number of pyridine rings is 1. The minimum absolute atomic E-state index is 0.0239. The normalized spacial score (nSPS) is 19.3. The summed E-state index contributed by atoms with van der Waals surface area (Å²) >= 11 is 5.65. The summed E-state index contributed by atoms with van der Waals surface area (Å²) < 4.78 is 9.77. The number of β-lactam (4-membered cyclic amide) rings is 1. The van der Waals surface area contributed by atoms with Gasteiger partial charge in [0.1, 0.15) is 22.7 Å². The van der Waals surface area contributed by atoms with Gasteiger partial charge in [0.05, 0.1) is 5.69 Å². The molecule has 0 bridgehead atoms. The number of ether oxygens (including phenoxy) is 1. The van der Waals surface area contributed by atoms with Crippen LogP contribution in [0.4, 0.5) is 5.13 Å². The molecule has 214 valence electrons. The second-order valence-corrected chi connectivity index (χ2v) is 13.9. The van der Waals surface area contributed by atoms with Crippen LogP contribution in [-0.2, 0) is 24.9 Å². The van der Waals surface area contributed by atoms with Crippen molar-refractivity contribution >= 4 is 75.4 Å². The van der Waals surface area contributed by atoms with Gasteiger partial charge in [0, 0.05) is 46.1 Å². The fraction of sp³-hybridized carbons (Fsp3) is 0.480. The van der Waals surface area contributed by atoms with Crippen molar-refractivity contribution in [2.45, 2.75) is 61.8 Å². The van der Waals surface area contributed by atoms with Crippen LogP contribution in [0.5, 0.6) is 0 Å². The van der Waals surface area contributed by atoms with Gasteiger partial charge < -0.3 is 15.8 Å². The van der Waals surface area contributed by atoms with Crippen LogP contribution >= 0.6 is 46.8 Å². The summed E-state index contributed by atoms with van der Waals surface area (Å²) in [5, 5.41) is 2.46. The molecule has 2 aromatic rings. The van der Waals surface area contributed by atoms with E-state index in [1.165, 1.54) is 35.5 Å². The standard InChI is InChI=1S/C25H31N7O4S4/c1-6-10-37-11-13-14(8-7-9-28-13)39-15-12-38-22-17(21(34)32(22)18(15)23(35)36-25(2,3)4)29-20(33)16(27-5)19-30-24(26)40-31-19/h7-9,17,22H,6,10-12H2,1-5H3,(H,29,33)(H2,26,30,31). The summed E-state index contributed by atoms with van der Waals surface area (Å²) in [6.07, 6.45) is 2.83. The molecule has 4 rings (SSSR count). The highest BCUT2D eigenvalue weighted by Crippen LogP contribution is 2.46. The number of anilines is 1. The SMILES string of the molecule is CCCSCc1ncccc1SC1=C(C(=O)OC(C)(C)C)N2C(=O)C(NC(=O)C(=NC)c3nsc(N)n3)C2SC1. The Morgan fingerprint density at radius 1 is 1.35 bits per heavy atom. The molecular formula is C25H31N7O4S4. The molecule has 0 saturated carbocycles. The Bertz CT molecular complexity index is 1350. The molecule has 2 aromatic heterocycles. The lowest BCUT2D eigenvalue weighted by molar-refractivity contribution is -0.158. The summed E-state index contributed by atoms with van der Waals surface area (Å²) in [5.74, 6) is 0.744. The highest BCUT2D eigenvalue weighted by molar-refractivity contribution is 8.06. The number of hydrogen-bond donors (Lipinski definition) is 2. The summed E-state index contributed by atoms with van der Waals surface area (Å²) in [4.78, 5) is 55.6. The molecule has 4 heterocycles. The first-order chi connectivity index (χ1) is 19.0. The Morgan fingerprint density at radius 3 is 2.77 bits per heavy atom. The Kier molecular flexibility index (Phi) is 9.80. The first-order valence-electron chi connectivity index (χ1n) is 12.5. The number of carbonyl (C=O) groups excluding carboxylic acids is 3. The van der Waals surface area contributed by atoms with Gasteiger partial charge in [0.25, 0.3) is 11.8 Å². The number of nitrogens with one attached hydrogen (secondary N) is 1. The molecule has 40 heavy (non-hydrogen) atoms. The first-order valence-corrected chi connectivity index (χ1v) is 16.3. The van der Waals surface area contributed by atoms with Crippen molar-refractivity contribution in [3.8, 4) is 0 Å². The van der Waals surface area contributed by atoms with Crippen molar-refractivity contribution in [2.24, 2.45) is 4.99 Å². The van der Waals surface area contributed by atoms with Crippen molar-refractivity contribution in [2.75, 3.05) is 24.3 Å². The molecule has 0 spiro atoms. The minimum atomic E-state index is -0.853. The third kappa shape index (κ3) is 6.81. The summed E-state index contributed by atoms with van der Waals surface area (Å²) in [5.41, 5.74) is 6.00. The molecule has 0 aromatic carbocycles. The maximum atomic E-state index is 13.5. The molecule has 11 nitrogen and oxygen atoms in total. The molecule has 2 aliphatic rings. The third-order valence-electron chi connectivity index (χ3n) is 5.57. The fourth-order valence-corrected chi connectivity index (χ4v) is 7.85. The third-order valence-corrected chi connectivity index (χ3v) is 9.93. The van der Waals surface area contributed by atoms with Crippen LogP contribution in [0, 0.1) is 0 Å². The molecule has 2 atom stereocenters. The van der Waals surface area contributed by atoms with E-state index in [-0.39, 0.29) is 22.4 Å². The molecule has 0 radical (unpaired) electrons. The van der Waals surface area contributed by atoms with E-state index < -0.39 is 34.8 Å². The van der Waals surface area contributed by atoms with Crippen LogP contribution < -0.4 is 11.1 Å². The van der Waals surface area contributed by atoms with Crippen molar-refractivity contribution in [3.63, 3.8) is 0 Å². The predicted molar refractivity (Wildman–Crippen MR) is 161 cm³/mol. The number of nitrogen functional groups attached to an aromatic ring is 1. The molecule has 1 saturated heterocycles. The zero-order chi connectivity index (χ0) is 29.0. The number of amides is 2. The second kappa shape index (κ2) is 12.9. The van der Waals surface area contributed by atoms with E-state index in [2.05, 4.69) is 31.6 Å². The molecule has 0 aliphatic carbocycles. The number of rotatable bonds is 10. The Balaban J connectivity index is 1.59. The summed E-state index contributed by atoms with van der Waals surface area (Å²) in [6, 6.07) is 2.98. The van der Waals surface area contributed by atoms with E-state index >= 15 is 0 Å². The molecular weight excluding hydrogens is 591 g/mol. The van der Waals surface area contributed by atoms with Gasteiger partial charge in [0.2, 0.25) is 0 Å². The van der Waals surface area contributed by atoms with Crippen LogP contribution in [0.2, 0.25) is 0 Å². The summed E-state index contributed by atoms with van der Waals surface area (Å²) in [7, 11) is 1.44. The molecule has 1 fully saturated rings. The maximum absolute atomic E-state index is 13.5. The number of hydrogen-bond acceptors (Lipinski definition) is 13. The molecule has 15 heteroatoms. The van der Waals surface area contributed by atoms with Crippen molar-refractivity contribution in [1.29, 1.82) is 0 Å². The molecule has 3 N–H and O–H groups in total. The number of nitrogens with two attached hydrogens (primary N) is 1. The fourth-order valence-electron chi connectivity index (χ4n) is 3.90. The van der Waals surface area contributed by atoms with Gasteiger partial charge in [-0.2, -0.15) is 21.1 Å². The van der Waals surface area contributed by atoms with E-state index in [0.29, 0.717) is 10.7 Å². The second-order valence-electron chi connectivity index (χ2n) is 9.77. The van der Waals surface area contributed by atoms with E-state index in [0.717, 1.165) is 40.0 Å². The minimum Gasteiger partial charge on any atom is -0.455 e. The largest absolute Gasteiger partial charge is 0.455 e. The zero-order valence-corrected chi connectivity index (χ0v) is 26.1. The van der Waals surface area contributed by atoms with E-state index in [9.17, 15) is 14.4 Å². The van der Waals surface area contributed by atoms with Gasteiger partial charge in [-0.1, -0.05) is 18.7 Å². The average molecular weight is 622 g/mol. The van der Waals surface area contributed by atoms with Crippen molar-refractivity contribution < 1.29 is 19.1 Å². The molecule has 2 aliphatic heterocycles. The number of thioether (sulfide) groups is 3. The quantitative estimate of drug-likeness (QED) is 0.174. The zero-order valence-electron chi connectivity index (χ0n) is 22.8. The highest BCUT2D eigenvalue weighted by atomic mass is 32.2. The van der Waals surface area contributed by atoms with E-state index in [1.54, 1.807) is 38.7 Å². The Hall–Kier alpha value is -2.62. The summed E-state index contributed by atoms with van der Waals surface area (Å²) in [6.45, 7) is 7.48. The molecule has 2 unspecified atom stereocenters. The number of esters is 1. The van der Waals surface area contributed by atoms with E-state index in [1.807, 2.05) is 12.1 Å². The number of aromatic nitrogens is 3. The number of carbonyl (C=O) groups is 3. The monoisotopic (exact) mass is 621 g/mol. The maximum Gasteiger partial charge on any atom is 0.356 e. The van der Waals surface area contributed by atoms with Crippen LogP contribution in [0.15, 0.2) is 38.8 Å². The number of nitrogens with zero attached hydrogens (tertiary/aromatic N) is 5. The van der Waals surface area contributed by atoms with E-state index in [4.69, 9.17) is 10.5 Å². The Labute approximate surface area is 249 Å². The van der Waals surface area contributed by atoms with Crippen LogP contribution in [0.1, 0.15) is 45.6 Å². The lowest BCUT2D eigenvalue weighted by Gasteiger charge is -2.49. The van der Waals surface area contributed by atoms with Gasteiger partial charge in [-0.3, -0.25) is 24.5 Å². The van der Waals surface area contributed by atoms with Crippen LogP contribution in [-0.4, -0.2) is 78.3 Å². The van der Waals surface area contributed by atoms with Crippen molar-refractivity contribution in [3.05, 3.63) is 40.5 Å². The highest BCUT2D eigenvalue weighted by Gasteiger charge is 2.55. The average Bonchev–Trinajstić information content (AvgIpc) is 3.33. The molecule has 2 amide bonds. The van der Waals surface area contributed by atoms with Crippen LogP contribution in [0.25, 0.3) is 0 Å². The Morgan fingerprint density at radius 2 is 2.12 bits per heavy atom.